The minimum absolute atomic E-state index is 1.10. The number of rotatable bonds is 1. The first kappa shape index (κ1) is 10.3. The van der Waals surface area contributed by atoms with E-state index in [1.54, 1.807) is 0 Å². The smallest absolute Gasteiger partial charge is 0.0105 e. The number of hydrogen-bond donors (Lipinski definition) is 0. The highest BCUT2D eigenvalue weighted by Gasteiger charge is 2.14. The van der Waals surface area contributed by atoms with Gasteiger partial charge in [-0.2, -0.15) is 0 Å². The van der Waals surface area contributed by atoms with Crippen molar-refractivity contribution < 1.29 is 0 Å². The fourth-order valence-electron chi connectivity index (χ4n) is 2.56. The maximum Gasteiger partial charge on any atom is -0.0105 e. The standard InChI is InChI=1S/C17H16/c1-12-10-11-15(13(12)2)17-9-5-7-14-6-3-4-8-16(14)17/h3-9,11H,10H2,1-2H3. The Morgan fingerprint density at radius 1 is 0.882 bits per heavy atom. The summed E-state index contributed by atoms with van der Waals surface area (Å²) in [5.74, 6) is 0. The molecule has 0 heterocycles. The van der Waals surface area contributed by atoms with E-state index >= 15 is 0 Å². The van der Waals surface area contributed by atoms with E-state index in [-0.39, 0.29) is 0 Å². The zero-order valence-electron chi connectivity index (χ0n) is 10.3. The molecule has 17 heavy (non-hydrogen) atoms. The lowest BCUT2D eigenvalue weighted by molar-refractivity contribution is 1.22. The maximum absolute atomic E-state index is 2.35. The molecule has 0 saturated carbocycles. The zero-order chi connectivity index (χ0) is 11.8. The van der Waals surface area contributed by atoms with Gasteiger partial charge in [-0.1, -0.05) is 54.1 Å². The third-order valence-electron chi connectivity index (χ3n) is 3.74. The molecule has 2 aromatic carbocycles. The molecule has 84 valence electrons. The van der Waals surface area contributed by atoms with E-state index in [0.717, 1.165) is 6.42 Å². The second kappa shape index (κ2) is 3.89. The van der Waals surface area contributed by atoms with Crippen LogP contribution in [-0.4, -0.2) is 0 Å². The number of fused-ring (bicyclic) bond motifs is 1. The average Bonchev–Trinajstić information content (AvgIpc) is 2.69. The lowest BCUT2D eigenvalue weighted by Crippen LogP contribution is -1.86. The molecule has 0 amide bonds. The second-order valence-corrected chi connectivity index (χ2v) is 4.75. The summed E-state index contributed by atoms with van der Waals surface area (Å²) in [5.41, 5.74) is 5.73. The predicted octanol–water partition coefficient (Wildman–Crippen LogP) is 4.96. The molecule has 1 aliphatic carbocycles. The summed E-state index contributed by atoms with van der Waals surface area (Å²) in [6, 6.07) is 15.2. The zero-order valence-corrected chi connectivity index (χ0v) is 10.3. The fourth-order valence-corrected chi connectivity index (χ4v) is 2.56. The molecule has 0 radical (unpaired) electrons. The van der Waals surface area contributed by atoms with E-state index in [2.05, 4.69) is 62.4 Å². The summed E-state index contributed by atoms with van der Waals surface area (Å²) in [4.78, 5) is 0. The van der Waals surface area contributed by atoms with Crippen LogP contribution < -0.4 is 0 Å². The van der Waals surface area contributed by atoms with Crippen molar-refractivity contribution in [2.24, 2.45) is 0 Å². The van der Waals surface area contributed by atoms with Gasteiger partial charge in [-0.3, -0.25) is 0 Å². The molecule has 3 rings (SSSR count). The largest absolute Gasteiger partial charge is 0.0723 e. The average molecular weight is 220 g/mol. The van der Waals surface area contributed by atoms with Gasteiger partial charge in [0, 0.05) is 0 Å². The molecule has 0 bridgehead atoms. The Morgan fingerprint density at radius 2 is 1.65 bits per heavy atom. The van der Waals surface area contributed by atoms with E-state index in [4.69, 9.17) is 0 Å². The van der Waals surface area contributed by atoms with E-state index in [0.29, 0.717) is 0 Å². The first-order valence-corrected chi connectivity index (χ1v) is 6.12. The van der Waals surface area contributed by atoms with Crippen molar-refractivity contribution in [3.05, 3.63) is 65.3 Å². The lowest BCUT2D eigenvalue weighted by atomic mass is 9.95. The molecular weight excluding hydrogens is 204 g/mol. The lowest BCUT2D eigenvalue weighted by Gasteiger charge is -2.09. The molecule has 1 aliphatic rings. The molecular formula is C17H16. The van der Waals surface area contributed by atoms with Crippen LogP contribution in [0.1, 0.15) is 25.8 Å². The molecule has 0 spiro atoms. The molecule has 0 atom stereocenters. The van der Waals surface area contributed by atoms with Crippen molar-refractivity contribution in [2.45, 2.75) is 20.3 Å². The summed E-state index contributed by atoms with van der Waals surface area (Å²) < 4.78 is 0. The van der Waals surface area contributed by atoms with Gasteiger partial charge in [0.25, 0.3) is 0 Å². The highest BCUT2D eigenvalue weighted by atomic mass is 14.2. The Bertz CT molecular complexity index is 637. The Balaban J connectivity index is 2.26. The first-order chi connectivity index (χ1) is 8.27. The van der Waals surface area contributed by atoms with Gasteiger partial charge in [-0.25, -0.2) is 0 Å². The van der Waals surface area contributed by atoms with Gasteiger partial charge in [0.1, 0.15) is 0 Å². The highest BCUT2D eigenvalue weighted by Crippen LogP contribution is 2.36. The minimum Gasteiger partial charge on any atom is -0.0723 e. The van der Waals surface area contributed by atoms with Crippen LogP contribution in [-0.2, 0) is 0 Å². The second-order valence-electron chi connectivity index (χ2n) is 4.75. The van der Waals surface area contributed by atoms with E-state index in [1.165, 1.54) is 33.1 Å². The predicted molar refractivity (Wildman–Crippen MR) is 74.9 cm³/mol. The van der Waals surface area contributed by atoms with Gasteiger partial charge in [0.2, 0.25) is 0 Å². The van der Waals surface area contributed by atoms with Crippen molar-refractivity contribution in [1.82, 2.24) is 0 Å². The van der Waals surface area contributed by atoms with E-state index in [1.807, 2.05) is 0 Å². The molecule has 0 fully saturated rings. The quantitative estimate of drug-likeness (QED) is 0.637. The molecule has 0 nitrogen and oxygen atoms in total. The summed E-state index contributed by atoms with van der Waals surface area (Å²) in [5, 5.41) is 2.68. The third-order valence-corrected chi connectivity index (χ3v) is 3.74. The van der Waals surface area contributed by atoms with Gasteiger partial charge in [0.05, 0.1) is 0 Å². The van der Waals surface area contributed by atoms with E-state index < -0.39 is 0 Å². The van der Waals surface area contributed by atoms with Crippen LogP contribution >= 0.6 is 0 Å². The maximum atomic E-state index is 2.35. The Labute approximate surface area is 102 Å². The van der Waals surface area contributed by atoms with Crippen molar-refractivity contribution in [1.29, 1.82) is 0 Å². The Morgan fingerprint density at radius 3 is 2.41 bits per heavy atom. The third kappa shape index (κ3) is 1.61. The summed E-state index contributed by atoms with van der Waals surface area (Å²) in [6.45, 7) is 4.46. The van der Waals surface area contributed by atoms with Crippen molar-refractivity contribution >= 4 is 16.3 Å². The van der Waals surface area contributed by atoms with E-state index in [9.17, 15) is 0 Å². The van der Waals surface area contributed by atoms with Crippen molar-refractivity contribution in [2.75, 3.05) is 0 Å². The fraction of sp³-hybridized carbons (Fsp3) is 0.176. The van der Waals surface area contributed by atoms with Crippen LogP contribution in [0, 0.1) is 0 Å². The number of allylic oxidation sites excluding steroid dienone is 4. The van der Waals surface area contributed by atoms with Crippen molar-refractivity contribution in [3.8, 4) is 0 Å². The van der Waals surface area contributed by atoms with Crippen molar-refractivity contribution in [3.63, 3.8) is 0 Å². The molecule has 0 aromatic heterocycles. The van der Waals surface area contributed by atoms with Crippen LogP contribution in [0.5, 0.6) is 0 Å². The summed E-state index contributed by atoms with van der Waals surface area (Å²) >= 11 is 0. The van der Waals surface area contributed by atoms with Gasteiger partial charge in [-0.05, 0) is 47.8 Å². The van der Waals surface area contributed by atoms with Crippen LogP contribution in [0.3, 0.4) is 0 Å². The van der Waals surface area contributed by atoms with Gasteiger partial charge >= 0.3 is 0 Å². The molecule has 0 saturated heterocycles. The highest BCUT2D eigenvalue weighted by molar-refractivity contribution is 5.98. The number of benzene rings is 2. The van der Waals surface area contributed by atoms with Gasteiger partial charge in [-0.15, -0.1) is 0 Å². The summed E-state index contributed by atoms with van der Waals surface area (Å²) in [6.07, 6.45) is 3.46. The monoisotopic (exact) mass is 220 g/mol. The van der Waals surface area contributed by atoms with Crippen LogP contribution in [0.4, 0.5) is 0 Å². The normalized spacial score (nSPS) is 15.5. The Hall–Kier alpha value is -1.82. The SMILES string of the molecule is CC1=C(C)C(c2cccc3ccccc23)=CC1. The van der Waals surface area contributed by atoms with Crippen LogP contribution in [0.2, 0.25) is 0 Å². The molecule has 0 aliphatic heterocycles. The molecule has 0 unspecified atom stereocenters. The van der Waals surface area contributed by atoms with Gasteiger partial charge in [0.15, 0.2) is 0 Å². The minimum atomic E-state index is 1.10. The van der Waals surface area contributed by atoms with Gasteiger partial charge < -0.3 is 0 Å². The molecule has 0 N–H and O–H groups in total. The topological polar surface area (TPSA) is 0 Å². The first-order valence-electron chi connectivity index (χ1n) is 6.12. The molecule has 2 aromatic rings. The van der Waals surface area contributed by atoms with Crippen LogP contribution in [0.25, 0.3) is 16.3 Å². The van der Waals surface area contributed by atoms with Crippen LogP contribution in [0.15, 0.2) is 59.7 Å². The molecule has 0 heteroatoms. The number of hydrogen-bond acceptors (Lipinski definition) is 0. The summed E-state index contributed by atoms with van der Waals surface area (Å²) in [7, 11) is 0. The Kier molecular flexibility index (Phi) is 2.36.